The molecule has 0 saturated heterocycles. The van der Waals surface area contributed by atoms with E-state index >= 15 is 0 Å². The number of halogens is 1. The van der Waals surface area contributed by atoms with Gasteiger partial charge in [-0.2, -0.15) is 0 Å². The molecule has 0 spiro atoms. The van der Waals surface area contributed by atoms with Crippen molar-refractivity contribution in [2.45, 2.75) is 26.3 Å². The van der Waals surface area contributed by atoms with Gasteiger partial charge in [0, 0.05) is 5.02 Å². The molecule has 0 saturated carbocycles. The van der Waals surface area contributed by atoms with Crippen LogP contribution in [0.5, 0.6) is 5.75 Å². The number of anilines is 1. The molecular weight excluding hydrogens is 312 g/mol. The van der Waals surface area contributed by atoms with E-state index in [0.29, 0.717) is 16.5 Å². The molecule has 0 fully saturated rings. The fourth-order valence-corrected chi connectivity index (χ4v) is 2.48. The molecule has 2 N–H and O–H groups in total. The summed E-state index contributed by atoms with van der Waals surface area (Å²) in [6.07, 6.45) is 0.778. The standard InChI is InChI=1S/C18H21ClN2O2/c1-4-15(13-6-8-14(19)9-7-13)20-18(22)21-16-11-12(2)5-10-17(16)23-3/h5-11,15H,4H2,1-3H3,(H2,20,21,22)/t15-/m1/s1. The lowest BCUT2D eigenvalue weighted by Crippen LogP contribution is -2.32. The zero-order valence-electron chi connectivity index (χ0n) is 13.5. The van der Waals surface area contributed by atoms with Crippen LogP contribution in [0.3, 0.4) is 0 Å². The highest BCUT2D eigenvalue weighted by Crippen LogP contribution is 2.25. The van der Waals surface area contributed by atoms with Crippen molar-refractivity contribution in [2.24, 2.45) is 0 Å². The number of urea groups is 1. The van der Waals surface area contributed by atoms with Crippen LogP contribution in [-0.4, -0.2) is 13.1 Å². The van der Waals surface area contributed by atoms with Gasteiger partial charge in [-0.25, -0.2) is 4.79 Å². The first-order valence-electron chi connectivity index (χ1n) is 7.51. The van der Waals surface area contributed by atoms with E-state index in [0.717, 1.165) is 17.5 Å². The first-order valence-corrected chi connectivity index (χ1v) is 7.89. The largest absolute Gasteiger partial charge is 0.495 e. The van der Waals surface area contributed by atoms with Crippen LogP contribution >= 0.6 is 11.6 Å². The van der Waals surface area contributed by atoms with Crippen LogP contribution in [0, 0.1) is 6.92 Å². The number of amides is 2. The Labute approximate surface area is 141 Å². The lowest BCUT2D eigenvalue weighted by molar-refractivity contribution is 0.248. The minimum atomic E-state index is -0.268. The third kappa shape index (κ3) is 4.63. The molecule has 0 aromatic heterocycles. The lowest BCUT2D eigenvalue weighted by atomic mass is 10.1. The zero-order valence-corrected chi connectivity index (χ0v) is 14.3. The molecule has 0 radical (unpaired) electrons. The maximum atomic E-state index is 12.3. The van der Waals surface area contributed by atoms with Crippen LogP contribution in [0.15, 0.2) is 42.5 Å². The molecule has 2 aromatic carbocycles. The van der Waals surface area contributed by atoms with Crippen LogP contribution in [-0.2, 0) is 0 Å². The molecular formula is C18H21ClN2O2. The minimum absolute atomic E-state index is 0.0805. The van der Waals surface area contributed by atoms with E-state index in [9.17, 15) is 4.79 Å². The third-order valence-corrected chi connectivity index (χ3v) is 3.84. The molecule has 1 atom stereocenters. The summed E-state index contributed by atoms with van der Waals surface area (Å²) in [6.45, 7) is 3.98. The Hall–Kier alpha value is -2.20. The average molecular weight is 333 g/mol. The van der Waals surface area contributed by atoms with Gasteiger partial charge >= 0.3 is 6.03 Å². The summed E-state index contributed by atoms with van der Waals surface area (Å²) in [5.74, 6) is 0.630. The summed E-state index contributed by atoms with van der Waals surface area (Å²) in [7, 11) is 1.58. The topological polar surface area (TPSA) is 50.4 Å². The van der Waals surface area contributed by atoms with E-state index < -0.39 is 0 Å². The number of ether oxygens (including phenoxy) is 1. The Balaban J connectivity index is 2.08. The number of hydrogen-bond donors (Lipinski definition) is 2. The molecule has 5 heteroatoms. The van der Waals surface area contributed by atoms with Crippen LogP contribution in [0.25, 0.3) is 0 Å². The number of nitrogens with one attached hydrogen (secondary N) is 2. The number of benzene rings is 2. The van der Waals surface area contributed by atoms with Gasteiger partial charge in [0.2, 0.25) is 0 Å². The maximum Gasteiger partial charge on any atom is 0.319 e. The van der Waals surface area contributed by atoms with E-state index in [-0.39, 0.29) is 12.1 Å². The van der Waals surface area contributed by atoms with Gasteiger partial charge in [-0.05, 0) is 48.7 Å². The van der Waals surface area contributed by atoms with E-state index in [4.69, 9.17) is 16.3 Å². The number of carbonyl (C=O) groups is 1. The number of hydrogen-bond acceptors (Lipinski definition) is 2. The average Bonchev–Trinajstić information content (AvgIpc) is 2.54. The Morgan fingerprint density at radius 1 is 1.22 bits per heavy atom. The van der Waals surface area contributed by atoms with Crippen LogP contribution in [0.2, 0.25) is 5.02 Å². The fraction of sp³-hybridized carbons (Fsp3) is 0.278. The molecule has 2 aromatic rings. The first-order chi connectivity index (χ1) is 11.0. The predicted octanol–water partition coefficient (Wildman–Crippen LogP) is 4.93. The Bertz CT molecular complexity index is 671. The number of rotatable bonds is 5. The Morgan fingerprint density at radius 3 is 2.52 bits per heavy atom. The predicted molar refractivity (Wildman–Crippen MR) is 94.4 cm³/mol. The van der Waals surface area contributed by atoms with Gasteiger partial charge in [0.25, 0.3) is 0 Å². The van der Waals surface area contributed by atoms with Crippen LogP contribution < -0.4 is 15.4 Å². The van der Waals surface area contributed by atoms with Crippen molar-refractivity contribution in [1.29, 1.82) is 0 Å². The van der Waals surface area contributed by atoms with E-state index in [2.05, 4.69) is 10.6 Å². The first kappa shape index (κ1) is 17.2. The molecule has 2 rings (SSSR count). The van der Waals surface area contributed by atoms with Crippen molar-refractivity contribution < 1.29 is 9.53 Å². The van der Waals surface area contributed by atoms with Gasteiger partial charge in [0.15, 0.2) is 0 Å². The van der Waals surface area contributed by atoms with Crippen LogP contribution in [0.1, 0.15) is 30.5 Å². The molecule has 0 aliphatic rings. The molecule has 0 unspecified atom stereocenters. The molecule has 23 heavy (non-hydrogen) atoms. The highest BCUT2D eigenvalue weighted by Gasteiger charge is 2.14. The van der Waals surface area contributed by atoms with Crippen molar-refractivity contribution in [3.05, 3.63) is 58.6 Å². The fourth-order valence-electron chi connectivity index (χ4n) is 2.35. The quantitative estimate of drug-likeness (QED) is 0.815. The van der Waals surface area contributed by atoms with E-state index in [1.807, 2.05) is 56.3 Å². The molecule has 2 amide bonds. The minimum Gasteiger partial charge on any atom is -0.495 e. The summed E-state index contributed by atoms with van der Waals surface area (Å²) in [4.78, 5) is 12.3. The van der Waals surface area contributed by atoms with Crippen molar-refractivity contribution in [1.82, 2.24) is 5.32 Å². The van der Waals surface area contributed by atoms with Crippen molar-refractivity contribution in [3.63, 3.8) is 0 Å². The normalized spacial score (nSPS) is 11.7. The van der Waals surface area contributed by atoms with Gasteiger partial charge in [-0.3, -0.25) is 0 Å². The zero-order chi connectivity index (χ0) is 16.8. The highest BCUT2D eigenvalue weighted by molar-refractivity contribution is 6.30. The summed E-state index contributed by atoms with van der Waals surface area (Å²) in [5.41, 5.74) is 2.71. The SMILES string of the molecule is CC[C@@H](NC(=O)Nc1cc(C)ccc1OC)c1ccc(Cl)cc1. The van der Waals surface area contributed by atoms with Gasteiger partial charge in [-0.1, -0.05) is 36.7 Å². The van der Waals surface area contributed by atoms with E-state index in [1.165, 1.54) is 0 Å². The van der Waals surface area contributed by atoms with Gasteiger partial charge in [-0.15, -0.1) is 0 Å². The van der Waals surface area contributed by atoms with Gasteiger partial charge in [0.05, 0.1) is 18.8 Å². The van der Waals surface area contributed by atoms with Crippen molar-refractivity contribution in [2.75, 3.05) is 12.4 Å². The molecule has 4 nitrogen and oxygen atoms in total. The molecule has 0 bridgehead atoms. The summed E-state index contributed by atoms with van der Waals surface area (Å²) in [6, 6.07) is 12.8. The number of aryl methyl sites for hydroxylation is 1. The number of carbonyl (C=O) groups excluding carboxylic acids is 1. The molecule has 0 aliphatic carbocycles. The van der Waals surface area contributed by atoms with Gasteiger partial charge < -0.3 is 15.4 Å². The monoisotopic (exact) mass is 332 g/mol. The molecule has 0 aliphatic heterocycles. The van der Waals surface area contributed by atoms with Gasteiger partial charge in [0.1, 0.15) is 5.75 Å². The van der Waals surface area contributed by atoms with E-state index in [1.54, 1.807) is 7.11 Å². The Morgan fingerprint density at radius 2 is 1.91 bits per heavy atom. The lowest BCUT2D eigenvalue weighted by Gasteiger charge is -2.19. The third-order valence-electron chi connectivity index (χ3n) is 3.59. The molecule has 0 heterocycles. The summed E-state index contributed by atoms with van der Waals surface area (Å²) < 4.78 is 5.27. The number of methoxy groups -OCH3 is 1. The second-order valence-corrected chi connectivity index (χ2v) is 5.75. The Kier molecular flexibility index (Phi) is 5.88. The summed E-state index contributed by atoms with van der Waals surface area (Å²) >= 11 is 5.91. The van der Waals surface area contributed by atoms with Crippen molar-refractivity contribution in [3.8, 4) is 5.75 Å². The second kappa shape index (κ2) is 7.88. The molecule has 122 valence electrons. The van der Waals surface area contributed by atoms with Crippen molar-refractivity contribution >= 4 is 23.3 Å². The van der Waals surface area contributed by atoms with Crippen LogP contribution in [0.4, 0.5) is 10.5 Å². The highest BCUT2D eigenvalue weighted by atomic mass is 35.5. The summed E-state index contributed by atoms with van der Waals surface area (Å²) in [5, 5.41) is 6.50. The smallest absolute Gasteiger partial charge is 0.319 e. The maximum absolute atomic E-state index is 12.3. The second-order valence-electron chi connectivity index (χ2n) is 5.31.